The minimum absolute atomic E-state index is 0.00848. The monoisotopic (exact) mass is 265 g/mol. The van der Waals surface area contributed by atoms with E-state index in [-0.39, 0.29) is 6.04 Å². The Labute approximate surface area is 116 Å². The molecule has 4 nitrogen and oxygen atoms in total. The summed E-state index contributed by atoms with van der Waals surface area (Å²) in [5, 5.41) is 6.64. The smallest absolute Gasteiger partial charge is 0.241 e. The largest absolute Gasteiger partial charge is 0.341 e. The van der Waals surface area contributed by atoms with Gasteiger partial charge in [-0.2, -0.15) is 0 Å². The molecule has 1 aliphatic carbocycles. The van der Waals surface area contributed by atoms with E-state index in [0.717, 1.165) is 32.7 Å². The second-order valence-electron chi connectivity index (χ2n) is 6.60. The van der Waals surface area contributed by atoms with Crippen LogP contribution in [-0.2, 0) is 4.79 Å². The van der Waals surface area contributed by atoms with Crippen LogP contribution in [0.3, 0.4) is 0 Å². The first kappa shape index (κ1) is 13.4. The molecule has 0 bridgehead atoms. The summed E-state index contributed by atoms with van der Waals surface area (Å²) in [6.07, 6.45) is 9.50. The third-order valence-corrected chi connectivity index (χ3v) is 5.39. The number of amides is 1. The SMILES string of the molecule is O=C(C1CNCCN1)N1CCC2(CCCCC2)CC1. The normalized spacial score (nSPS) is 31.4. The van der Waals surface area contributed by atoms with Gasteiger partial charge in [-0.25, -0.2) is 0 Å². The van der Waals surface area contributed by atoms with E-state index in [2.05, 4.69) is 15.5 Å². The lowest BCUT2D eigenvalue weighted by molar-refractivity contribution is -0.136. The summed E-state index contributed by atoms with van der Waals surface area (Å²) in [7, 11) is 0. The average molecular weight is 265 g/mol. The van der Waals surface area contributed by atoms with E-state index in [1.165, 1.54) is 44.9 Å². The van der Waals surface area contributed by atoms with Gasteiger partial charge in [0.1, 0.15) is 0 Å². The zero-order valence-electron chi connectivity index (χ0n) is 11.9. The Hall–Kier alpha value is -0.610. The predicted molar refractivity (Wildman–Crippen MR) is 76.0 cm³/mol. The lowest BCUT2D eigenvalue weighted by Crippen LogP contribution is -2.58. The number of carbonyl (C=O) groups is 1. The van der Waals surface area contributed by atoms with Gasteiger partial charge in [0.25, 0.3) is 0 Å². The predicted octanol–water partition coefficient (Wildman–Crippen LogP) is 1.12. The second-order valence-corrected chi connectivity index (χ2v) is 6.60. The molecule has 1 atom stereocenters. The molecule has 0 aromatic heterocycles. The maximum atomic E-state index is 12.4. The molecule has 2 N–H and O–H groups in total. The quantitative estimate of drug-likeness (QED) is 0.747. The molecule has 19 heavy (non-hydrogen) atoms. The zero-order chi connectivity index (χ0) is 13.1. The van der Waals surface area contributed by atoms with Gasteiger partial charge in [0.2, 0.25) is 5.91 Å². The number of likely N-dealkylation sites (tertiary alicyclic amines) is 1. The van der Waals surface area contributed by atoms with Crippen LogP contribution < -0.4 is 10.6 Å². The Morgan fingerprint density at radius 1 is 1.00 bits per heavy atom. The van der Waals surface area contributed by atoms with E-state index in [9.17, 15) is 4.79 Å². The number of piperidine rings is 1. The van der Waals surface area contributed by atoms with Gasteiger partial charge < -0.3 is 15.5 Å². The first-order valence-electron chi connectivity index (χ1n) is 8.02. The van der Waals surface area contributed by atoms with Crippen LogP contribution >= 0.6 is 0 Å². The minimum Gasteiger partial charge on any atom is -0.341 e. The summed E-state index contributed by atoms with van der Waals surface area (Å²) in [5.41, 5.74) is 0.591. The molecule has 0 aromatic rings. The van der Waals surface area contributed by atoms with E-state index in [4.69, 9.17) is 0 Å². The number of nitrogens with zero attached hydrogens (tertiary/aromatic N) is 1. The molecule has 2 aliphatic heterocycles. The van der Waals surface area contributed by atoms with Crippen LogP contribution in [0.25, 0.3) is 0 Å². The molecule has 3 fully saturated rings. The van der Waals surface area contributed by atoms with Crippen LogP contribution in [0.5, 0.6) is 0 Å². The molecule has 3 aliphatic rings. The van der Waals surface area contributed by atoms with Crippen molar-refractivity contribution in [1.29, 1.82) is 0 Å². The minimum atomic E-state index is 0.00848. The van der Waals surface area contributed by atoms with E-state index in [0.29, 0.717) is 11.3 Å². The number of nitrogens with one attached hydrogen (secondary N) is 2. The van der Waals surface area contributed by atoms with E-state index in [1.54, 1.807) is 0 Å². The van der Waals surface area contributed by atoms with Gasteiger partial charge in [0.05, 0.1) is 6.04 Å². The first-order chi connectivity index (χ1) is 9.29. The number of hydrogen-bond acceptors (Lipinski definition) is 3. The van der Waals surface area contributed by atoms with Crippen molar-refractivity contribution in [2.45, 2.75) is 51.0 Å². The number of piperazine rings is 1. The van der Waals surface area contributed by atoms with Crippen molar-refractivity contribution < 1.29 is 4.79 Å². The Morgan fingerprint density at radius 2 is 1.74 bits per heavy atom. The van der Waals surface area contributed by atoms with Crippen molar-refractivity contribution in [3.8, 4) is 0 Å². The summed E-state index contributed by atoms with van der Waals surface area (Å²) in [4.78, 5) is 14.5. The summed E-state index contributed by atoms with van der Waals surface area (Å²) < 4.78 is 0. The topological polar surface area (TPSA) is 44.4 Å². The van der Waals surface area contributed by atoms with Crippen molar-refractivity contribution in [2.24, 2.45) is 5.41 Å². The second kappa shape index (κ2) is 5.80. The molecule has 2 saturated heterocycles. The van der Waals surface area contributed by atoms with E-state index >= 15 is 0 Å². The Morgan fingerprint density at radius 3 is 2.37 bits per heavy atom. The van der Waals surface area contributed by atoms with Crippen LogP contribution in [0.2, 0.25) is 0 Å². The molecule has 0 aromatic carbocycles. The molecule has 3 rings (SSSR count). The molecule has 1 saturated carbocycles. The van der Waals surface area contributed by atoms with Crippen LogP contribution in [0, 0.1) is 5.41 Å². The molecule has 108 valence electrons. The highest BCUT2D eigenvalue weighted by molar-refractivity contribution is 5.82. The third-order valence-electron chi connectivity index (χ3n) is 5.39. The van der Waals surface area contributed by atoms with Gasteiger partial charge in [-0.15, -0.1) is 0 Å². The number of carbonyl (C=O) groups excluding carboxylic acids is 1. The fourth-order valence-electron chi connectivity index (χ4n) is 4.05. The fourth-order valence-corrected chi connectivity index (χ4v) is 4.05. The summed E-state index contributed by atoms with van der Waals surface area (Å²) >= 11 is 0. The summed E-state index contributed by atoms with van der Waals surface area (Å²) in [5.74, 6) is 0.317. The molecule has 1 spiro atoms. The zero-order valence-corrected chi connectivity index (χ0v) is 11.9. The standard InChI is InChI=1S/C15H27N3O/c19-14(13-12-16-8-9-17-13)18-10-6-15(7-11-18)4-2-1-3-5-15/h13,16-17H,1-12H2. The number of hydrogen-bond donors (Lipinski definition) is 2. The lowest BCUT2D eigenvalue weighted by atomic mass is 9.68. The van der Waals surface area contributed by atoms with Gasteiger partial charge >= 0.3 is 0 Å². The van der Waals surface area contributed by atoms with Crippen molar-refractivity contribution in [1.82, 2.24) is 15.5 Å². The van der Waals surface area contributed by atoms with E-state index in [1.807, 2.05) is 0 Å². The van der Waals surface area contributed by atoms with Gasteiger partial charge in [-0.05, 0) is 31.1 Å². The third kappa shape index (κ3) is 2.95. The van der Waals surface area contributed by atoms with Gasteiger partial charge in [0.15, 0.2) is 0 Å². The molecule has 1 unspecified atom stereocenters. The van der Waals surface area contributed by atoms with E-state index < -0.39 is 0 Å². The molecular weight excluding hydrogens is 238 g/mol. The van der Waals surface area contributed by atoms with Crippen molar-refractivity contribution in [3.63, 3.8) is 0 Å². The molecule has 2 heterocycles. The van der Waals surface area contributed by atoms with Gasteiger partial charge in [0, 0.05) is 32.7 Å². The molecule has 1 amide bonds. The number of rotatable bonds is 1. The maximum absolute atomic E-state index is 12.4. The maximum Gasteiger partial charge on any atom is 0.241 e. The highest BCUT2D eigenvalue weighted by atomic mass is 16.2. The van der Waals surface area contributed by atoms with Gasteiger partial charge in [-0.1, -0.05) is 19.3 Å². The average Bonchev–Trinajstić information content (AvgIpc) is 2.49. The Bertz CT molecular complexity index is 309. The van der Waals surface area contributed by atoms with Crippen molar-refractivity contribution >= 4 is 5.91 Å². The van der Waals surface area contributed by atoms with Crippen LogP contribution in [0.15, 0.2) is 0 Å². The summed E-state index contributed by atoms with van der Waals surface area (Å²) in [6, 6.07) is 0.00848. The van der Waals surface area contributed by atoms with Gasteiger partial charge in [-0.3, -0.25) is 4.79 Å². The molecular formula is C15H27N3O. The van der Waals surface area contributed by atoms with Crippen LogP contribution in [0.4, 0.5) is 0 Å². The molecule has 0 radical (unpaired) electrons. The lowest BCUT2D eigenvalue weighted by Gasteiger charge is -2.45. The first-order valence-corrected chi connectivity index (χ1v) is 8.02. The molecule has 4 heteroatoms. The van der Waals surface area contributed by atoms with Crippen molar-refractivity contribution in [2.75, 3.05) is 32.7 Å². The highest BCUT2D eigenvalue weighted by Gasteiger charge is 2.37. The van der Waals surface area contributed by atoms with Crippen LogP contribution in [-0.4, -0.2) is 49.6 Å². The highest BCUT2D eigenvalue weighted by Crippen LogP contribution is 2.44. The Kier molecular flexibility index (Phi) is 4.08. The fraction of sp³-hybridized carbons (Fsp3) is 0.933. The van der Waals surface area contributed by atoms with Crippen molar-refractivity contribution in [3.05, 3.63) is 0 Å². The van der Waals surface area contributed by atoms with Crippen LogP contribution in [0.1, 0.15) is 44.9 Å². The Balaban J connectivity index is 1.52. The summed E-state index contributed by atoms with van der Waals surface area (Å²) in [6.45, 7) is 4.65.